The summed E-state index contributed by atoms with van der Waals surface area (Å²) < 4.78 is 0. The summed E-state index contributed by atoms with van der Waals surface area (Å²) >= 11 is 0. The molecule has 0 N–H and O–H groups in total. The zero-order valence-corrected chi connectivity index (χ0v) is 20.0. The normalized spacial score (nSPS) is 12.4. The maximum Gasteiger partial charge on any atom is 0.0367 e. The van der Waals surface area contributed by atoms with Gasteiger partial charge < -0.3 is 4.90 Å². The van der Waals surface area contributed by atoms with E-state index in [1.807, 2.05) is 0 Å². The summed E-state index contributed by atoms with van der Waals surface area (Å²) in [6.07, 6.45) is 0. The van der Waals surface area contributed by atoms with E-state index in [0.717, 1.165) is 0 Å². The number of benzene rings is 6. The van der Waals surface area contributed by atoms with Gasteiger partial charge >= 0.3 is 0 Å². The number of fused-ring (bicyclic) bond motifs is 1. The molecule has 0 saturated heterocycles. The molecule has 0 saturated carbocycles. The zero-order chi connectivity index (χ0) is 22.9. The summed E-state index contributed by atoms with van der Waals surface area (Å²) in [5.74, 6) is 0. The predicted molar refractivity (Wildman–Crippen MR) is 146 cm³/mol. The molecule has 0 atom stereocenters. The lowest BCUT2D eigenvalue weighted by Crippen LogP contribution is -2.10. The monoisotopic (exact) mass is 427 g/mol. The lowest BCUT2D eigenvalue weighted by molar-refractivity contribution is 0.591. The summed E-state index contributed by atoms with van der Waals surface area (Å²) in [6.45, 7) is 6.87. The maximum absolute atomic E-state index is 2.38. The molecule has 0 aliphatic rings. The van der Waals surface area contributed by atoms with Crippen LogP contribution in [0.25, 0.3) is 54.2 Å². The van der Waals surface area contributed by atoms with Crippen molar-refractivity contribution in [3.8, 4) is 11.1 Å². The van der Waals surface area contributed by atoms with Gasteiger partial charge in [-0.05, 0) is 83.4 Å². The molecule has 0 fully saturated rings. The van der Waals surface area contributed by atoms with Gasteiger partial charge in [0.15, 0.2) is 0 Å². The van der Waals surface area contributed by atoms with Gasteiger partial charge in [0.25, 0.3) is 0 Å². The Labute approximate surface area is 195 Å². The van der Waals surface area contributed by atoms with Crippen molar-refractivity contribution in [2.24, 2.45) is 0 Å². The number of hydrogen-bond acceptors (Lipinski definition) is 1. The molecule has 0 heterocycles. The first-order chi connectivity index (χ1) is 15.8. The van der Waals surface area contributed by atoms with E-state index in [0.29, 0.717) is 0 Å². The second kappa shape index (κ2) is 6.96. The van der Waals surface area contributed by atoms with Gasteiger partial charge in [-0.1, -0.05) is 87.5 Å². The number of hydrogen-bond donors (Lipinski definition) is 0. The van der Waals surface area contributed by atoms with Gasteiger partial charge in [0, 0.05) is 19.8 Å². The molecule has 0 aromatic heterocycles. The largest absolute Gasteiger partial charge is 0.378 e. The summed E-state index contributed by atoms with van der Waals surface area (Å²) in [6, 6.07) is 32.1. The average Bonchev–Trinajstić information content (AvgIpc) is 2.80. The summed E-state index contributed by atoms with van der Waals surface area (Å²) in [5.41, 5.74) is 5.32. The van der Waals surface area contributed by atoms with Crippen LogP contribution < -0.4 is 4.90 Å². The van der Waals surface area contributed by atoms with Crippen LogP contribution >= 0.6 is 0 Å². The number of anilines is 1. The number of rotatable bonds is 2. The van der Waals surface area contributed by atoms with Crippen LogP contribution in [0.15, 0.2) is 84.9 Å². The Hall–Kier alpha value is -3.58. The van der Waals surface area contributed by atoms with Gasteiger partial charge in [-0.3, -0.25) is 0 Å². The third kappa shape index (κ3) is 3.15. The Balaban J connectivity index is 1.60. The average molecular weight is 428 g/mol. The summed E-state index contributed by atoms with van der Waals surface area (Å²) in [7, 11) is 4.18. The second-order valence-corrected chi connectivity index (χ2v) is 10.6. The topological polar surface area (TPSA) is 3.24 Å². The lowest BCUT2D eigenvalue weighted by Gasteiger charge is -2.22. The fraction of sp³-hybridized carbons (Fsp3) is 0.188. The van der Waals surface area contributed by atoms with Crippen molar-refractivity contribution in [3.05, 3.63) is 90.5 Å². The highest BCUT2D eigenvalue weighted by atomic mass is 15.1. The van der Waals surface area contributed by atoms with Crippen LogP contribution in [0.5, 0.6) is 0 Å². The molecule has 6 rings (SSSR count). The second-order valence-electron chi connectivity index (χ2n) is 10.6. The highest BCUT2D eigenvalue weighted by Crippen LogP contribution is 2.41. The third-order valence-corrected chi connectivity index (χ3v) is 7.12. The molecule has 1 nitrogen and oxygen atoms in total. The third-order valence-electron chi connectivity index (χ3n) is 7.12. The molecule has 0 spiro atoms. The van der Waals surface area contributed by atoms with Crippen LogP contribution in [0, 0.1) is 0 Å². The molecule has 1 heteroatoms. The van der Waals surface area contributed by atoms with Gasteiger partial charge in [0.2, 0.25) is 0 Å². The molecule has 6 aromatic rings. The molecule has 0 aliphatic carbocycles. The number of nitrogens with zero attached hydrogens (tertiary/aromatic N) is 1. The lowest BCUT2D eigenvalue weighted by atomic mass is 9.82. The summed E-state index contributed by atoms with van der Waals surface area (Å²) in [5, 5.41) is 10.6. The molecular weight excluding hydrogens is 398 g/mol. The van der Waals surface area contributed by atoms with Crippen molar-refractivity contribution < 1.29 is 0 Å². The minimum atomic E-state index is 0.132. The maximum atomic E-state index is 2.38. The van der Waals surface area contributed by atoms with Crippen LogP contribution in [0.3, 0.4) is 0 Å². The predicted octanol–water partition coefficient (Wildman–Crippen LogP) is 8.77. The van der Waals surface area contributed by atoms with E-state index < -0.39 is 0 Å². The van der Waals surface area contributed by atoms with Gasteiger partial charge in [0.1, 0.15) is 0 Å². The van der Waals surface area contributed by atoms with E-state index in [4.69, 9.17) is 0 Å². The fourth-order valence-corrected chi connectivity index (χ4v) is 5.18. The smallest absolute Gasteiger partial charge is 0.0367 e. The molecule has 6 aromatic carbocycles. The van der Waals surface area contributed by atoms with Crippen molar-refractivity contribution in [1.29, 1.82) is 0 Å². The Morgan fingerprint density at radius 3 is 1.88 bits per heavy atom. The Kier molecular flexibility index (Phi) is 4.23. The quantitative estimate of drug-likeness (QED) is 0.250. The molecule has 162 valence electrons. The zero-order valence-electron chi connectivity index (χ0n) is 20.0. The molecular formula is C32H29N. The van der Waals surface area contributed by atoms with Gasteiger partial charge in [-0.15, -0.1) is 0 Å². The molecule has 0 aliphatic heterocycles. The highest BCUT2D eigenvalue weighted by Gasteiger charge is 2.18. The van der Waals surface area contributed by atoms with E-state index >= 15 is 0 Å². The van der Waals surface area contributed by atoms with E-state index in [9.17, 15) is 0 Å². The standard InChI is InChI=1S/C32H29N/c1-32(2,3)26-17-24-9-6-20-11-14-28(29-15-12-25(18-26)30(24)31(20)29)23-8-7-22-19-27(33(4)5)13-10-21(22)16-23/h6-19H,1-5H3. The fourth-order valence-electron chi connectivity index (χ4n) is 5.18. The Morgan fingerprint density at radius 1 is 0.545 bits per heavy atom. The van der Waals surface area contributed by atoms with Crippen LogP contribution in [-0.4, -0.2) is 14.1 Å². The molecule has 0 bridgehead atoms. The Bertz CT molecular complexity index is 1650. The van der Waals surface area contributed by atoms with Crippen molar-refractivity contribution in [3.63, 3.8) is 0 Å². The van der Waals surface area contributed by atoms with Crippen LogP contribution in [0.4, 0.5) is 5.69 Å². The van der Waals surface area contributed by atoms with Crippen LogP contribution in [0.1, 0.15) is 26.3 Å². The van der Waals surface area contributed by atoms with E-state index in [1.165, 1.54) is 65.5 Å². The van der Waals surface area contributed by atoms with Crippen LogP contribution in [-0.2, 0) is 5.41 Å². The van der Waals surface area contributed by atoms with E-state index in [2.05, 4.69) is 125 Å². The first-order valence-corrected chi connectivity index (χ1v) is 11.7. The molecule has 0 unspecified atom stereocenters. The van der Waals surface area contributed by atoms with Crippen molar-refractivity contribution in [2.45, 2.75) is 26.2 Å². The molecule has 33 heavy (non-hydrogen) atoms. The first-order valence-electron chi connectivity index (χ1n) is 11.7. The Morgan fingerprint density at radius 2 is 1.15 bits per heavy atom. The first kappa shape index (κ1) is 20.1. The SMILES string of the molecule is CN(C)c1ccc2cc(-c3ccc4ccc5cc(C(C)(C)C)cc6ccc3c4c56)ccc2c1. The van der Waals surface area contributed by atoms with E-state index in [-0.39, 0.29) is 5.41 Å². The van der Waals surface area contributed by atoms with Crippen molar-refractivity contribution in [2.75, 3.05) is 19.0 Å². The van der Waals surface area contributed by atoms with E-state index in [1.54, 1.807) is 0 Å². The summed E-state index contributed by atoms with van der Waals surface area (Å²) in [4.78, 5) is 2.15. The van der Waals surface area contributed by atoms with Crippen LogP contribution in [0.2, 0.25) is 0 Å². The molecule has 0 amide bonds. The van der Waals surface area contributed by atoms with Gasteiger partial charge in [-0.2, -0.15) is 0 Å². The van der Waals surface area contributed by atoms with Crippen molar-refractivity contribution in [1.82, 2.24) is 0 Å². The minimum Gasteiger partial charge on any atom is -0.378 e. The molecule has 0 radical (unpaired) electrons. The van der Waals surface area contributed by atoms with Gasteiger partial charge in [0.05, 0.1) is 0 Å². The minimum absolute atomic E-state index is 0.132. The van der Waals surface area contributed by atoms with Crippen molar-refractivity contribution >= 4 is 48.8 Å². The highest BCUT2D eigenvalue weighted by molar-refractivity contribution is 6.25. The van der Waals surface area contributed by atoms with Gasteiger partial charge in [-0.25, -0.2) is 0 Å².